The van der Waals surface area contributed by atoms with Gasteiger partial charge in [0.2, 0.25) is 5.91 Å². The Morgan fingerprint density at radius 2 is 2.12 bits per heavy atom. The summed E-state index contributed by atoms with van der Waals surface area (Å²) < 4.78 is 43.4. The van der Waals surface area contributed by atoms with E-state index < -0.39 is 23.7 Å². The van der Waals surface area contributed by atoms with Crippen LogP contribution in [-0.4, -0.2) is 23.6 Å². The maximum Gasteiger partial charge on any atom is 0.426 e. The second kappa shape index (κ2) is 6.94. The van der Waals surface area contributed by atoms with E-state index in [1.165, 1.54) is 12.1 Å². The quantitative estimate of drug-likeness (QED) is 0.913. The van der Waals surface area contributed by atoms with Crippen molar-refractivity contribution in [3.8, 4) is 0 Å². The average molecular weight is 342 g/mol. The maximum atomic E-state index is 12.9. The highest BCUT2D eigenvalue weighted by molar-refractivity contribution is 5.91. The van der Waals surface area contributed by atoms with Crippen molar-refractivity contribution in [2.75, 3.05) is 6.61 Å². The van der Waals surface area contributed by atoms with Gasteiger partial charge in [0.1, 0.15) is 0 Å². The van der Waals surface area contributed by atoms with Crippen LogP contribution >= 0.6 is 0 Å². The third-order valence-corrected chi connectivity index (χ3v) is 3.39. The highest BCUT2D eigenvalue weighted by Gasteiger charge is 2.33. The molecule has 0 spiro atoms. The minimum absolute atomic E-state index is 0.104. The summed E-state index contributed by atoms with van der Waals surface area (Å²) in [5, 5.41) is 0.938. The van der Waals surface area contributed by atoms with Gasteiger partial charge in [0.05, 0.1) is 17.9 Å². The number of benzene rings is 1. The molecule has 1 heterocycles. The standard InChI is InChI=1S/C16H17F3N2O3/c1-3-24-15(23)20-21-13(7-10(2)8-14(21)22)11-5-4-6-12(9-11)16(17,18)19/h4-7,9-10H,3,8H2,1-2H3,(H,20,23). The van der Waals surface area contributed by atoms with Crippen molar-refractivity contribution in [1.82, 2.24) is 10.4 Å². The monoisotopic (exact) mass is 342 g/mol. The molecule has 2 amide bonds. The molecule has 24 heavy (non-hydrogen) atoms. The Labute approximate surface area is 137 Å². The summed E-state index contributed by atoms with van der Waals surface area (Å²) in [4.78, 5) is 23.8. The largest absolute Gasteiger partial charge is 0.449 e. The molecule has 1 aromatic carbocycles. The molecular formula is C16H17F3N2O3. The Bertz CT molecular complexity index is 671. The minimum Gasteiger partial charge on any atom is -0.449 e. The molecule has 1 unspecified atom stereocenters. The van der Waals surface area contributed by atoms with Gasteiger partial charge in [0, 0.05) is 12.0 Å². The van der Waals surface area contributed by atoms with E-state index in [1.807, 2.05) is 0 Å². The van der Waals surface area contributed by atoms with Gasteiger partial charge in [-0.05, 0) is 25.0 Å². The van der Waals surface area contributed by atoms with Crippen molar-refractivity contribution in [2.24, 2.45) is 5.92 Å². The summed E-state index contributed by atoms with van der Waals surface area (Å²) in [6.07, 6.45) is -3.57. The summed E-state index contributed by atoms with van der Waals surface area (Å²) in [7, 11) is 0. The van der Waals surface area contributed by atoms with Gasteiger partial charge in [-0.1, -0.05) is 25.1 Å². The molecule has 0 aromatic heterocycles. The number of alkyl halides is 3. The zero-order valence-corrected chi connectivity index (χ0v) is 13.2. The smallest absolute Gasteiger partial charge is 0.426 e. The van der Waals surface area contributed by atoms with Crippen LogP contribution in [0.25, 0.3) is 5.70 Å². The molecule has 8 heteroatoms. The van der Waals surface area contributed by atoms with Crippen LogP contribution in [0.5, 0.6) is 0 Å². The molecule has 0 bridgehead atoms. The first kappa shape index (κ1) is 17.8. The summed E-state index contributed by atoms with van der Waals surface area (Å²) in [5.74, 6) is -0.590. The van der Waals surface area contributed by atoms with E-state index in [4.69, 9.17) is 4.74 Å². The van der Waals surface area contributed by atoms with Crippen molar-refractivity contribution in [3.05, 3.63) is 41.5 Å². The molecule has 0 saturated heterocycles. The van der Waals surface area contributed by atoms with Crippen LogP contribution in [0.15, 0.2) is 30.3 Å². The third kappa shape index (κ3) is 4.06. The normalized spacial score (nSPS) is 18.2. The number of halogens is 3. The topological polar surface area (TPSA) is 58.6 Å². The number of hydrogen-bond donors (Lipinski definition) is 1. The number of hydrogen-bond acceptors (Lipinski definition) is 3. The van der Waals surface area contributed by atoms with Gasteiger partial charge in [-0.2, -0.15) is 13.2 Å². The highest BCUT2D eigenvalue weighted by Crippen LogP contribution is 2.33. The fraction of sp³-hybridized carbons (Fsp3) is 0.375. The van der Waals surface area contributed by atoms with Crippen LogP contribution < -0.4 is 5.43 Å². The number of nitrogens with one attached hydrogen (secondary N) is 1. The lowest BCUT2D eigenvalue weighted by atomic mass is 9.97. The number of carbonyl (C=O) groups excluding carboxylic acids is 2. The Kier molecular flexibility index (Phi) is 5.16. The molecule has 0 radical (unpaired) electrons. The lowest BCUT2D eigenvalue weighted by Crippen LogP contribution is -2.47. The Morgan fingerprint density at radius 1 is 1.42 bits per heavy atom. The van der Waals surface area contributed by atoms with Gasteiger partial charge < -0.3 is 4.74 Å². The van der Waals surface area contributed by atoms with Gasteiger partial charge in [-0.3, -0.25) is 4.79 Å². The molecule has 1 aliphatic heterocycles. The van der Waals surface area contributed by atoms with E-state index in [1.54, 1.807) is 19.9 Å². The van der Waals surface area contributed by atoms with Crippen molar-refractivity contribution in [1.29, 1.82) is 0 Å². The van der Waals surface area contributed by atoms with Crippen molar-refractivity contribution >= 4 is 17.7 Å². The molecule has 0 saturated carbocycles. The fourth-order valence-electron chi connectivity index (χ4n) is 2.36. The first-order valence-corrected chi connectivity index (χ1v) is 7.38. The number of rotatable bonds is 3. The Hall–Kier alpha value is -2.51. The van der Waals surface area contributed by atoms with E-state index in [0.717, 1.165) is 17.1 Å². The van der Waals surface area contributed by atoms with Crippen LogP contribution in [0.4, 0.5) is 18.0 Å². The number of amides is 2. The van der Waals surface area contributed by atoms with E-state index in [0.29, 0.717) is 0 Å². The van der Waals surface area contributed by atoms with E-state index in [2.05, 4.69) is 5.43 Å². The first-order chi connectivity index (χ1) is 11.2. The van der Waals surface area contributed by atoms with Crippen molar-refractivity contribution < 1.29 is 27.5 Å². The predicted octanol–water partition coefficient (Wildman–Crippen LogP) is 3.58. The molecule has 1 aromatic rings. The Morgan fingerprint density at radius 3 is 2.75 bits per heavy atom. The zero-order chi connectivity index (χ0) is 17.9. The fourth-order valence-corrected chi connectivity index (χ4v) is 2.36. The average Bonchev–Trinajstić information content (AvgIpc) is 2.49. The van der Waals surface area contributed by atoms with Crippen molar-refractivity contribution in [3.63, 3.8) is 0 Å². The van der Waals surface area contributed by atoms with Gasteiger partial charge in [-0.15, -0.1) is 0 Å². The summed E-state index contributed by atoms with van der Waals surface area (Å²) in [6.45, 7) is 3.48. The number of hydrazine groups is 1. The lowest BCUT2D eigenvalue weighted by molar-refractivity contribution is -0.137. The van der Waals surface area contributed by atoms with Gasteiger partial charge >= 0.3 is 12.3 Å². The van der Waals surface area contributed by atoms with Gasteiger partial charge in [-0.25, -0.2) is 15.2 Å². The van der Waals surface area contributed by atoms with E-state index >= 15 is 0 Å². The maximum absolute atomic E-state index is 12.9. The molecule has 1 aliphatic rings. The molecule has 0 fully saturated rings. The molecular weight excluding hydrogens is 325 g/mol. The summed E-state index contributed by atoms with van der Waals surface area (Å²) in [5.41, 5.74) is 1.81. The molecule has 5 nitrogen and oxygen atoms in total. The Balaban J connectivity index is 2.40. The van der Waals surface area contributed by atoms with Crippen LogP contribution in [-0.2, 0) is 15.7 Å². The molecule has 0 aliphatic carbocycles. The second-order valence-electron chi connectivity index (χ2n) is 5.37. The predicted molar refractivity (Wildman–Crippen MR) is 80.2 cm³/mol. The third-order valence-electron chi connectivity index (χ3n) is 3.39. The van der Waals surface area contributed by atoms with E-state index in [9.17, 15) is 22.8 Å². The summed E-state index contributed by atoms with van der Waals surface area (Å²) >= 11 is 0. The number of allylic oxidation sites excluding steroid dienone is 1. The first-order valence-electron chi connectivity index (χ1n) is 7.38. The summed E-state index contributed by atoms with van der Waals surface area (Å²) in [6, 6.07) is 4.59. The number of nitrogens with zero attached hydrogens (tertiary/aromatic N) is 1. The van der Waals surface area contributed by atoms with Crippen LogP contribution in [0.3, 0.4) is 0 Å². The second-order valence-corrected chi connectivity index (χ2v) is 5.37. The van der Waals surface area contributed by atoms with Gasteiger partial charge in [0.15, 0.2) is 0 Å². The zero-order valence-electron chi connectivity index (χ0n) is 13.2. The van der Waals surface area contributed by atoms with Crippen molar-refractivity contribution in [2.45, 2.75) is 26.4 Å². The molecule has 2 rings (SSSR count). The lowest BCUT2D eigenvalue weighted by Gasteiger charge is -2.31. The molecule has 1 atom stereocenters. The molecule has 1 N–H and O–H groups in total. The van der Waals surface area contributed by atoms with E-state index in [-0.39, 0.29) is 30.2 Å². The number of carbonyl (C=O) groups is 2. The minimum atomic E-state index is -4.50. The number of ether oxygens (including phenoxy) is 1. The van der Waals surface area contributed by atoms with Gasteiger partial charge in [0.25, 0.3) is 0 Å². The highest BCUT2D eigenvalue weighted by atomic mass is 19.4. The SMILES string of the molecule is CCOC(=O)NN1C(=O)CC(C)C=C1c1cccc(C(F)(F)F)c1. The van der Waals surface area contributed by atoms with Crippen LogP contribution in [0, 0.1) is 5.92 Å². The van der Waals surface area contributed by atoms with Crippen LogP contribution in [0.1, 0.15) is 31.4 Å². The van der Waals surface area contributed by atoms with Crippen LogP contribution in [0.2, 0.25) is 0 Å². The molecule has 130 valence electrons.